The highest BCUT2D eigenvalue weighted by Gasteiger charge is 2.25. The number of rotatable bonds is 44. The van der Waals surface area contributed by atoms with Gasteiger partial charge < -0.3 is 97.6 Å². The molecule has 0 radical (unpaired) electrons. The van der Waals surface area contributed by atoms with Crippen molar-refractivity contribution in [3.63, 3.8) is 0 Å². The van der Waals surface area contributed by atoms with Gasteiger partial charge in [-0.1, -0.05) is 26.7 Å². The van der Waals surface area contributed by atoms with Crippen molar-refractivity contribution in [2.45, 2.75) is 94.9 Å². The van der Waals surface area contributed by atoms with Crippen LogP contribution in [0.25, 0.3) is 0 Å². The predicted molar refractivity (Wildman–Crippen MR) is 315 cm³/mol. The van der Waals surface area contributed by atoms with Gasteiger partial charge in [-0.3, -0.25) is 48.6 Å². The summed E-state index contributed by atoms with van der Waals surface area (Å²) in [6, 6.07) is -1.90. The Labute approximate surface area is 519 Å². The van der Waals surface area contributed by atoms with Crippen molar-refractivity contribution >= 4 is 55.0 Å². The standard InChI is InChI=1S/C15H32N2O3.C13H20N2O9.C11H24N2O3.C9H20N2O5.C5H12N2O5/c1-5-9-11-19-13-17(14-20-12-10-6-2)15(18)16(7-3)8-4;1-11(18)23-7-15(8-24-12(2)19)13(20)14(3-5-21-9-16)4-6-22-10-17;1-5-12(6-2)11(14)13(9-15-7-3)10-16-8-4;1-15-7-11(8-16-2)9(14)10(3-5-12)4-6-13;8-1-6(2-9)5(12)7(3-10)4-11/h5-14H2,1-4H3;9-10H,3-8H2,1-2H3;5-10H2,1-4H3;12-13H,3-8H2,1-2H3;8-11H,1-4H2. The number of carbonyl (C=O) groups excluding carboxylic acids is 9. The number of esters is 2. The van der Waals surface area contributed by atoms with E-state index in [1.165, 1.54) is 28.9 Å². The van der Waals surface area contributed by atoms with Gasteiger partial charge in [0.1, 0.15) is 80.5 Å². The molecule has 520 valence electrons. The van der Waals surface area contributed by atoms with Crippen LogP contribution in [-0.2, 0) is 66.5 Å². The normalized spacial score (nSPS) is 10.0. The van der Waals surface area contributed by atoms with Gasteiger partial charge in [-0.2, -0.15) is 0 Å². The van der Waals surface area contributed by atoms with Crippen LogP contribution < -0.4 is 0 Å². The zero-order valence-electron chi connectivity index (χ0n) is 54.2. The first-order valence-corrected chi connectivity index (χ1v) is 28.8. The van der Waals surface area contributed by atoms with Gasteiger partial charge in [0.25, 0.3) is 12.9 Å². The molecule has 0 aromatic heterocycles. The van der Waals surface area contributed by atoms with Crippen LogP contribution in [-0.4, -0.2) is 335 Å². The first-order chi connectivity index (χ1) is 42.2. The molecule has 35 heteroatoms. The van der Waals surface area contributed by atoms with Gasteiger partial charge in [-0.25, -0.2) is 24.0 Å². The van der Waals surface area contributed by atoms with Crippen LogP contribution in [0, 0.1) is 0 Å². The van der Waals surface area contributed by atoms with Gasteiger partial charge >= 0.3 is 42.1 Å². The molecule has 10 amide bonds. The minimum atomic E-state index is -0.843. The molecular formula is C53H108N10O25. The van der Waals surface area contributed by atoms with Crippen molar-refractivity contribution in [1.82, 2.24) is 49.0 Å². The maximum Gasteiger partial charge on any atom is 0.327 e. The molecule has 0 unspecified atom stereocenters. The van der Waals surface area contributed by atoms with Crippen LogP contribution in [0.1, 0.15) is 94.9 Å². The van der Waals surface area contributed by atoms with Crippen LogP contribution in [0.3, 0.4) is 0 Å². The number of hydrogen-bond donors (Lipinski definition) is 6. The summed E-state index contributed by atoms with van der Waals surface area (Å²) in [5, 5.41) is 51.6. The van der Waals surface area contributed by atoms with E-state index < -0.39 is 64.4 Å². The summed E-state index contributed by atoms with van der Waals surface area (Å²) in [5.74, 6) is -1.26. The second-order valence-corrected chi connectivity index (χ2v) is 17.3. The molecule has 0 saturated carbocycles. The highest BCUT2D eigenvalue weighted by molar-refractivity contribution is 5.76. The third-order valence-corrected chi connectivity index (χ3v) is 10.8. The summed E-state index contributed by atoms with van der Waals surface area (Å²) >= 11 is 0. The molecule has 35 nitrogen and oxygen atoms in total. The molecule has 0 bridgehead atoms. The third kappa shape index (κ3) is 47.8. The summed E-state index contributed by atoms with van der Waals surface area (Å²) in [6.45, 7) is 21.7. The van der Waals surface area contributed by atoms with E-state index in [0.717, 1.165) is 44.4 Å². The fourth-order valence-corrected chi connectivity index (χ4v) is 6.07. The average Bonchev–Trinajstić information content (AvgIpc) is 3.63. The Morgan fingerprint density at radius 1 is 0.352 bits per heavy atom. The van der Waals surface area contributed by atoms with Crippen LogP contribution >= 0.6 is 0 Å². The SMILES string of the molecule is CC(=O)OCN(COC(C)=O)C(=O)N(CCOC=O)CCOC=O.CCCCOCN(COCCCC)C(=O)N(CC)CC.CCOCN(COCC)C(=O)N(CC)CC.COCN(COC)C(=O)N(CCO)CCO.O=C(N(CO)CO)N(CO)CO. The topological polar surface area (TPSA) is 400 Å². The van der Waals surface area contributed by atoms with Gasteiger partial charge in [0.15, 0.2) is 13.5 Å². The van der Waals surface area contributed by atoms with Crippen LogP contribution in [0.4, 0.5) is 24.0 Å². The summed E-state index contributed by atoms with van der Waals surface area (Å²) < 4.78 is 49.8. The second-order valence-electron chi connectivity index (χ2n) is 17.3. The van der Waals surface area contributed by atoms with E-state index in [-0.39, 0.29) is 111 Å². The van der Waals surface area contributed by atoms with Crippen LogP contribution in [0.5, 0.6) is 0 Å². The van der Waals surface area contributed by atoms with E-state index in [1.54, 1.807) is 19.6 Å². The Balaban J connectivity index is -0.000000332. The monoisotopic (exact) mass is 1280 g/mol. The van der Waals surface area contributed by atoms with E-state index in [0.29, 0.717) is 75.9 Å². The number of urea groups is 5. The average molecular weight is 1290 g/mol. The lowest BCUT2D eigenvalue weighted by Crippen LogP contribution is -2.48. The Kier molecular flexibility index (Phi) is 67.1. The number of ether oxygens (including phenoxy) is 10. The van der Waals surface area contributed by atoms with E-state index in [4.69, 9.17) is 68.5 Å². The molecule has 0 aliphatic rings. The lowest BCUT2D eigenvalue weighted by molar-refractivity contribution is -0.152. The summed E-state index contributed by atoms with van der Waals surface area (Å²) in [6.07, 6.45) is 4.22. The van der Waals surface area contributed by atoms with Crippen molar-refractivity contribution in [2.75, 3.05) is 200 Å². The minimum Gasteiger partial charge on any atom is -0.466 e. The molecule has 88 heavy (non-hydrogen) atoms. The molecule has 0 rings (SSSR count). The molecular weight excluding hydrogens is 1180 g/mol. The van der Waals surface area contributed by atoms with Gasteiger partial charge in [0, 0.05) is 93.8 Å². The lowest BCUT2D eigenvalue weighted by atomic mass is 10.4. The zero-order valence-corrected chi connectivity index (χ0v) is 54.2. The summed E-state index contributed by atoms with van der Waals surface area (Å²) in [5.41, 5.74) is 0. The number of carbonyl (C=O) groups is 9. The molecule has 0 aromatic carbocycles. The molecule has 0 fully saturated rings. The van der Waals surface area contributed by atoms with Crippen LogP contribution in [0.2, 0.25) is 0 Å². The van der Waals surface area contributed by atoms with Crippen molar-refractivity contribution in [3.8, 4) is 0 Å². The molecule has 0 aliphatic carbocycles. The van der Waals surface area contributed by atoms with Crippen LogP contribution in [0.15, 0.2) is 0 Å². The zero-order chi connectivity index (χ0) is 67.9. The molecule has 0 aliphatic heterocycles. The molecule has 0 heterocycles. The smallest absolute Gasteiger partial charge is 0.327 e. The predicted octanol–water partition coefficient (Wildman–Crippen LogP) is 0.547. The van der Waals surface area contributed by atoms with Crippen molar-refractivity contribution < 1.29 is 121 Å². The maximum atomic E-state index is 12.4. The number of aliphatic hydroxyl groups is 6. The molecule has 6 N–H and O–H groups in total. The van der Waals surface area contributed by atoms with E-state index >= 15 is 0 Å². The number of methoxy groups -OCH3 is 2. The number of unbranched alkanes of at least 4 members (excludes halogenated alkanes) is 2. The highest BCUT2D eigenvalue weighted by atomic mass is 16.6. The second kappa shape index (κ2) is 65.2. The quantitative estimate of drug-likeness (QED) is 0.0159. The Morgan fingerprint density at radius 3 is 0.898 bits per heavy atom. The van der Waals surface area contributed by atoms with Gasteiger partial charge in [0.2, 0.25) is 0 Å². The highest BCUT2D eigenvalue weighted by Crippen LogP contribution is 2.06. The maximum absolute atomic E-state index is 12.4. The number of aliphatic hydroxyl groups excluding tert-OH is 6. The molecule has 0 spiro atoms. The van der Waals surface area contributed by atoms with Crippen molar-refractivity contribution in [2.24, 2.45) is 0 Å². The molecule has 0 aromatic rings. The summed E-state index contributed by atoms with van der Waals surface area (Å²) in [4.78, 5) is 115. The fraction of sp³-hybridized carbons (Fsp3) is 0.830. The van der Waals surface area contributed by atoms with Gasteiger partial charge in [0.05, 0.1) is 26.3 Å². The first-order valence-electron chi connectivity index (χ1n) is 28.8. The van der Waals surface area contributed by atoms with Crippen molar-refractivity contribution in [3.05, 3.63) is 0 Å². The first kappa shape index (κ1) is 90.5. The summed E-state index contributed by atoms with van der Waals surface area (Å²) in [7, 11) is 2.94. The van der Waals surface area contributed by atoms with Gasteiger partial charge in [-0.15, -0.1) is 0 Å². The Morgan fingerprint density at radius 2 is 0.636 bits per heavy atom. The molecule has 0 saturated heterocycles. The fourth-order valence-electron chi connectivity index (χ4n) is 6.07. The number of nitrogens with zero attached hydrogens (tertiary/aromatic N) is 10. The Hall–Kier alpha value is -6.25. The minimum absolute atomic E-state index is 0.00354. The largest absolute Gasteiger partial charge is 0.466 e. The molecule has 0 atom stereocenters. The Bertz CT molecular complexity index is 1630. The van der Waals surface area contributed by atoms with E-state index in [2.05, 4.69) is 23.3 Å². The third-order valence-electron chi connectivity index (χ3n) is 10.8. The van der Waals surface area contributed by atoms with E-state index in [1.807, 2.05) is 41.5 Å². The number of hydrogen-bond acceptors (Lipinski definition) is 25. The van der Waals surface area contributed by atoms with Gasteiger partial charge in [-0.05, 0) is 54.4 Å². The van der Waals surface area contributed by atoms with E-state index in [9.17, 15) is 43.2 Å². The number of amides is 10. The lowest BCUT2D eigenvalue weighted by Gasteiger charge is -2.29. The van der Waals surface area contributed by atoms with Crippen molar-refractivity contribution in [1.29, 1.82) is 0 Å².